The maximum absolute atomic E-state index is 2.47. The summed E-state index contributed by atoms with van der Waals surface area (Å²) in [5, 5.41) is 2.01. The number of aryl methyl sites for hydroxylation is 2. The van der Waals surface area contributed by atoms with Crippen LogP contribution in [-0.2, 0) is 0 Å². The van der Waals surface area contributed by atoms with Gasteiger partial charge in [0.15, 0.2) is 0 Å². The molecular formula is C14H24Si. The molecule has 0 saturated heterocycles. The Bertz CT molecular complexity index is 356. The maximum Gasteiger partial charge on any atom is 0.0859 e. The summed E-state index contributed by atoms with van der Waals surface area (Å²) in [7, 11) is -1.34. The van der Waals surface area contributed by atoms with Crippen molar-refractivity contribution < 1.29 is 0 Å². The van der Waals surface area contributed by atoms with Crippen LogP contribution in [0.3, 0.4) is 0 Å². The molecule has 0 atom stereocenters. The van der Waals surface area contributed by atoms with Crippen LogP contribution >= 0.6 is 0 Å². The van der Waals surface area contributed by atoms with E-state index >= 15 is 0 Å². The molecule has 0 saturated carbocycles. The summed E-state index contributed by atoms with van der Waals surface area (Å²) in [5.41, 5.74) is 2.83. The first-order valence-electron chi connectivity index (χ1n) is 5.74. The fourth-order valence-electron chi connectivity index (χ4n) is 1.56. The number of hydrogen-bond acceptors (Lipinski definition) is 0. The molecule has 1 aromatic rings. The van der Waals surface area contributed by atoms with Gasteiger partial charge in [0.2, 0.25) is 0 Å². The molecule has 1 heteroatoms. The van der Waals surface area contributed by atoms with Gasteiger partial charge in [-0.05, 0) is 30.0 Å². The van der Waals surface area contributed by atoms with Crippen LogP contribution in [0.25, 0.3) is 0 Å². The fraction of sp³-hybridized carbons (Fsp3) is 0.571. The molecule has 1 rings (SSSR count). The third-order valence-electron chi connectivity index (χ3n) is 4.10. The predicted octanol–water partition coefficient (Wildman–Crippen LogP) is 4.02. The van der Waals surface area contributed by atoms with Crippen LogP contribution in [-0.4, -0.2) is 8.07 Å². The van der Waals surface area contributed by atoms with Gasteiger partial charge in [-0.25, -0.2) is 0 Å². The molecule has 0 aliphatic carbocycles. The van der Waals surface area contributed by atoms with Crippen molar-refractivity contribution in [3.05, 3.63) is 29.3 Å². The lowest BCUT2D eigenvalue weighted by molar-refractivity contribution is 0.729. The van der Waals surface area contributed by atoms with Crippen LogP contribution in [0.5, 0.6) is 0 Å². The van der Waals surface area contributed by atoms with Crippen LogP contribution < -0.4 is 5.19 Å². The first-order chi connectivity index (χ1) is 6.66. The third kappa shape index (κ3) is 2.33. The molecule has 0 N–H and O–H groups in total. The zero-order chi connectivity index (χ0) is 11.9. The third-order valence-corrected chi connectivity index (χ3v) is 9.61. The summed E-state index contributed by atoms with van der Waals surface area (Å²) in [6.45, 7) is 16.4. The standard InChI is InChI=1S/C14H24Si/c1-11-8-9-13(10-12(11)2)15(6,7)14(3,4)5/h8-10H,1-7H3. The van der Waals surface area contributed by atoms with Crippen molar-refractivity contribution in [1.29, 1.82) is 0 Å². The molecule has 0 amide bonds. The summed E-state index contributed by atoms with van der Waals surface area (Å²) in [6, 6.07) is 7.00. The van der Waals surface area contributed by atoms with Gasteiger partial charge < -0.3 is 0 Å². The van der Waals surface area contributed by atoms with E-state index in [-0.39, 0.29) is 0 Å². The minimum Gasteiger partial charge on any atom is -0.0651 e. The summed E-state index contributed by atoms with van der Waals surface area (Å²) >= 11 is 0. The second-order valence-electron chi connectivity index (χ2n) is 6.17. The Kier molecular flexibility index (Phi) is 3.15. The lowest BCUT2D eigenvalue weighted by atomic mass is 10.1. The zero-order valence-corrected chi connectivity index (χ0v) is 12.2. The second-order valence-corrected chi connectivity index (χ2v) is 11.5. The molecule has 0 unspecified atom stereocenters. The topological polar surface area (TPSA) is 0 Å². The number of rotatable bonds is 1. The summed E-state index contributed by atoms with van der Waals surface area (Å²) in [4.78, 5) is 0. The van der Waals surface area contributed by atoms with Crippen LogP contribution in [0.4, 0.5) is 0 Å². The number of benzene rings is 1. The summed E-state index contributed by atoms with van der Waals surface area (Å²) < 4.78 is 0. The maximum atomic E-state index is 2.47. The Balaban J connectivity index is 3.22. The van der Waals surface area contributed by atoms with Gasteiger partial charge in [-0.3, -0.25) is 0 Å². The monoisotopic (exact) mass is 220 g/mol. The van der Waals surface area contributed by atoms with Gasteiger partial charge in [-0.15, -0.1) is 0 Å². The Morgan fingerprint density at radius 3 is 1.87 bits per heavy atom. The highest BCUT2D eigenvalue weighted by Gasteiger charge is 2.36. The minimum atomic E-state index is -1.34. The van der Waals surface area contributed by atoms with E-state index < -0.39 is 8.07 Å². The van der Waals surface area contributed by atoms with E-state index in [4.69, 9.17) is 0 Å². The van der Waals surface area contributed by atoms with E-state index in [1.807, 2.05) is 0 Å². The Hall–Kier alpha value is -0.563. The lowest BCUT2D eigenvalue weighted by Crippen LogP contribution is -2.49. The quantitative estimate of drug-likeness (QED) is 0.627. The average Bonchev–Trinajstić information content (AvgIpc) is 2.07. The van der Waals surface area contributed by atoms with E-state index in [1.165, 1.54) is 11.1 Å². The van der Waals surface area contributed by atoms with Gasteiger partial charge >= 0.3 is 0 Å². The van der Waals surface area contributed by atoms with Gasteiger partial charge in [0.05, 0.1) is 8.07 Å². The molecule has 0 aliphatic rings. The molecular weight excluding hydrogens is 196 g/mol. The van der Waals surface area contributed by atoms with Gasteiger partial charge in [-0.1, -0.05) is 57.3 Å². The lowest BCUT2D eigenvalue weighted by Gasteiger charge is -2.37. The van der Waals surface area contributed by atoms with E-state index in [9.17, 15) is 0 Å². The van der Waals surface area contributed by atoms with E-state index in [0.29, 0.717) is 5.04 Å². The molecule has 0 radical (unpaired) electrons. The second kappa shape index (κ2) is 3.78. The Morgan fingerprint density at radius 1 is 0.933 bits per heavy atom. The summed E-state index contributed by atoms with van der Waals surface area (Å²) in [5.74, 6) is 0. The smallest absolute Gasteiger partial charge is 0.0651 e. The SMILES string of the molecule is Cc1ccc([Si](C)(C)C(C)(C)C)cc1C. The largest absolute Gasteiger partial charge is 0.0859 e. The highest BCUT2D eigenvalue weighted by atomic mass is 28.3. The van der Waals surface area contributed by atoms with Gasteiger partial charge in [0.25, 0.3) is 0 Å². The molecule has 0 bridgehead atoms. The Labute approximate surface area is 95.7 Å². The van der Waals surface area contributed by atoms with Gasteiger partial charge in [-0.2, -0.15) is 0 Å². The van der Waals surface area contributed by atoms with Gasteiger partial charge in [0, 0.05) is 0 Å². The highest BCUT2D eigenvalue weighted by Crippen LogP contribution is 2.35. The van der Waals surface area contributed by atoms with Crippen molar-refractivity contribution in [2.75, 3.05) is 0 Å². The van der Waals surface area contributed by atoms with Crippen molar-refractivity contribution in [1.82, 2.24) is 0 Å². The first kappa shape index (κ1) is 12.5. The van der Waals surface area contributed by atoms with E-state index in [2.05, 4.69) is 65.9 Å². The van der Waals surface area contributed by atoms with Crippen LogP contribution in [0.2, 0.25) is 18.1 Å². The van der Waals surface area contributed by atoms with Crippen molar-refractivity contribution in [2.45, 2.75) is 52.8 Å². The van der Waals surface area contributed by atoms with E-state index in [0.717, 1.165) is 0 Å². The van der Waals surface area contributed by atoms with Crippen molar-refractivity contribution in [3.63, 3.8) is 0 Å². The number of hydrogen-bond donors (Lipinski definition) is 0. The molecule has 0 fully saturated rings. The normalized spacial score (nSPS) is 13.0. The summed E-state index contributed by atoms with van der Waals surface area (Å²) in [6.07, 6.45) is 0. The van der Waals surface area contributed by atoms with Crippen molar-refractivity contribution in [2.24, 2.45) is 0 Å². The van der Waals surface area contributed by atoms with Crippen LogP contribution in [0.1, 0.15) is 31.9 Å². The van der Waals surface area contributed by atoms with E-state index in [1.54, 1.807) is 5.19 Å². The molecule has 1 aromatic carbocycles. The average molecular weight is 220 g/mol. The molecule has 15 heavy (non-hydrogen) atoms. The zero-order valence-electron chi connectivity index (χ0n) is 11.2. The molecule has 0 spiro atoms. The molecule has 0 heterocycles. The minimum absolute atomic E-state index is 0.425. The molecule has 0 nitrogen and oxygen atoms in total. The molecule has 84 valence electrons. The fourth-order valence-corrected chi connectivity index (χ4v) is 3.51. The predicted molar refractivity (Wildman–Crippen MR) is 72.7 cm³/mol. The van der Waals surface area contributed by atoms with Crippen molar-refractivity contribution in [3.8, 4) is 0 Å². The molecule has 0 aliphatic heterocycles. The van der Waals surface area contributed by atoms with Crippen molar-refractivity contribution >= 4 is 13.3 Å². The highest BCUT2D eigenvalue weighted by molar-refractivity contribution is 6.92. The molecule has 0 aromatic heterocycles. The van der Waals surface area contributed by atoms with Crippen LogP contribution in [0.15, 0.2) is 18.2 Å². The Morgan fingerprint density at radius 2 is 1.47 bits per heavy atom. The van der Waals surface area contributed by atoms with Gasteiger partial charge in [0.1, 0.15) is 0 Å². The first-order valence-corrected chi connectivity index (χ1v) is 8.74. The van der Waals surface area contributed by atoms with Crippen LogP contribution in [0, 0.1) is 13.8 Å².